The number of rotatable bonds is 5. The summed E-state index contributed by atoms with van der Waals surface area (Å²) in [5.41, 5.74) is -0.221. The van der Waals surface area contributed by atoms with Crippen molar-refractivity contribution in [2.24, 2.45) is 5.41 Å². The lowest BCUT2D eigenvalue weighted by Gasteiger charge is -2.29. The first-order valence-electron chi connectivity index (χ1n) is 4.97. The molecule has 0 aliphatic rings. The molecule has 15 heavy (non-hydrogen) atoms. The van der Waals surface area contributed by atoms with E-state index in [1.165, 1.54) is 0 Å². The van der Waals surface area contributed by atoms with Gasteiger partial charge in [0, 0.05) is 0 Å². The van der Waals surface area contributed by atoms with Crippen LogP contribution in [0, 0.1) is 5.41 Å². The minimum Gasteiger partial charge on any atom is -0.390 e. The molecule has 92 valence electrons. The molecular weight excluding hydrogens is 203 g/mol. The Kier molecular flexibility index (Phi) is 5.66. The summed E-state index contributed by atoms with van der Waals surface area (Å²) in [7, 11) is 0. The maximum atomic E-state index is 12.0. The molecule has 4 nitrogen and oxygen atoms in total. The first kappa shape index (κ1) is 14.8. The first-order valence-corrected chi connectivity index (χ1v) is 4.97. The molecule has 0 radical (unpaired) electrons. The highest BCUT2D eigenvalue weighted by atomic mass is 19.1. The molecule has 0 aromatic heterocycles. The fourth-order valence-corrected chi connectivity index (χ4v) is 1.29. The quantitative estimate of drug-likeness (QED) is 0.523. The van der Waals surface area contributed by atoms with Gasteiger partial charge in [-0.05, 0) is 11.8 Å². The van der Waals surface area contributed by atoms with E-state index in [4.69, 9.17) is 5.11 Å². The predicted octanol–water partition coefficient (Wildman–Crippen LogP) is -0.164. The summed E-state index contributed by atoms with van der Waals surface area (Å²) in [6.07, 6.45) is -5.78. The van der Waals surface area contributed by atoms with Crippen LogP contribution < -0.4 is 0 Å². The highest BCUT2D eigenvalue weighted by Gasteiger charge is 2.32. The van der Waals surface area contributed by atoms with E-state index in [0.29, 0.717) is 0 Å². The largest absolute Gasteiger partial charge is 0.390 e. The second-order valence-electron chi connectivity index (χ2n) is 5.03. The minimum absolute atomic E-state index is 0.221. The molecule has 0 aromatic rings. The lowest BCUT2D eigenvalue weighted by molar-refractivity contribution is -0.115. The Hall–Kier alpha value is -0.230. The van der Waals surface area contributed by atoms with Gasteiger partial charge in [0.15, 0.2) is 0 Å². The molecule has 4 N–H and O–H groups in total. The van der Waals surface area contributed by atoms with Gasteiger partial charge in [0.1, 0.15) is 25.0 Å². The van der Waals surface area contributed by atoms with Crippen molar-refractivity contribution in [1.29, 1.82) is 0 Å². The zero-order valence-corrected chi connectivity index (χ0v) is 9.39. The zero-order valence-electron chi connectivity index (χ0n) is 9.39. The molecule has 0 aromatic carbocycles. The molecule has 0 aliphatic carbocycles. The second-order valence-corrected chi connectivity index (χ2v) is 5.03. The van der Waals surface area contributed by atoms with E-state index in [1.807, 2.05) is 20.8 Å². The fraction of sp³-hybridized carbons (Fsp3) is 1.00. The third-order valence-electron chi connectivity index (χ3n) is 2.12. The maximum Gasteiger partial charge on any atom is 0.118 e. The lowest BCUT2D eigenvalue weighted by Crippen LogP contribution is -2.46. The number of hydrogen-bond acceptors (Lipinski definition) is 4. The number of halogens is 1. The van der Waals surface area contributed by atoms with Crippen LogP contribution in [0.2, 0.25) is 0 Å². The Labute approximate surface area is 89.4 Å². The van der Waals surface area contributed by atoms with Gasteiger partial charge in [0.25, 0.3) is 0 Å². The van der Waals surface area contributed by atoms with E-state index in [9.17, 15) is 19.7 Å². The Morgan fingerprint density at radius 2 is 1.33 bits per heavy atom. The fourth-order valence-electron chi connectivity index (χ4n) is 1.29. The molecule has 0 rings (SSSR count). The summed E-state index contributed by atoms with van der Waals surface area (Å²) in [4.78, 5) is 0. The van der Waals surface area contributed by atoms with Gasteiger partial charge in [0.2, 0.25) is 0 Å². The van der Waals surface area contributed by atoms with Gasteiger partial charge in [-0.3, -0.25) is 0 Å². The van der Waals surface area contributed by atoms with Crippen LogP contribution in [0.5, 0.6) is 0 Å². The average molecular weight is 224 g/mol. The van der Waals surface area contributed by atoms with E-state index in [2.05, 4.69) is 0 Å². The van der Waals surface area contributed by atoms with Crippen molar-refractivity contribution in [3.05, 3.63) is 0 Å². The van der Waals surface area contributed by atoms with Crippen LogP contribution in [0.3, 0.4) is 0 Å². The molecule has 0 unspecified atom stereocenters. The summed E-state index contributed by atoms with van der Waals surface area (Å²) >= 11 is 0. The average Bonchev–Trinajstić information content (AvgIpc) is 2.11. The Morgan fingerprint density at radius 3 is 1.67 bits per heavy atom. The molecule has 0 saturated carbocycles. The van der Waals surface area contributed by atoms with Crippen molar-refractivity contribution < 1.29 is 24.8 Å². The van der Waals surface area contributed by atoms with Crippen molar-refractivity contribution in [2.45, 2.75) is 51.6 Å². The number of aliphatic hydroxyl groups is 4. The van der Waals surface area contributed by atoms with Gasteiger partial charge >= 0.3 is 0 Å². The van der Waals surface area contributed by atoms with Crippen LogP contribution in [0.25, 0.3) is 0 Å². The third kappa shape index (κ3) is 5.41. The molecule has 0 heterocycles. The standard InChI is InChI=1S/C10H21FO4/c1-10(2,3)4-6(12)8(14)9(15)7(13)5-11/h6-9,12-15H,4-5H2,1-3H3/t6-,7+,8+,9+/m0/s1. The second kappa shape index (κ2) is 5.75. The highest BCUT2D eigenvalue weighted by molar-refractivity contribution is 4.83. The van der Waals surface area contributed by atoms with Crippen molar-refractivity contribution >= 4 is 0 Å². The predicted molar refractivity (Wildman–Crippen MR) is 54.1 cm³/mol. The van der Waals surface area contributed by atoms with Crippen LogP contribution in [0.4, 0.5) is 4.39 Å². The molecule has 0 fully saturated rings. The van der Waals surface area contributed by atoms with Gasteiger partial charge in [-0.1, -0.05) is 20.8 Å². The van der Waals surface area contributed by atoms with Crippen molar-refractivity contribution in [3.8, 4) is 0 Å². The summed E-state index contributed by atoms with van der Waals surface area (Å²) in [6.45, 7) is 4.43. The Morgan fingerprint density at radius 1 is 0.933 bits per heavy atom. The summed E-state index contributed by atoms with van der Waals surface area (Å²) in [6, 6.07) is 0. The van der Waals surface area contributed by atoms with Crippen molar-refractivity contribution in [1.82, 2.24) is 0 Å². The van der Waals surface area contributed by atoms with Gasteiger partial charge < -0.3 is 20.4 Å². The smallest absolute Gasteiger partial charge is 0.118 e. The van der Waals surface area contributed by atoms with Gasteiger partial charge in [-0.2, -0.15) is 0 Å². The summed E-state index contributed by atoms with van der Waals surface area (Å²) in [5, 5.41) is 37.2. The van der Waals surface area contributed by atoms with Crippen molar-refractivity contribution in [2.75, 3.05) is 6.67 Å². The lowest BCUT2D eigenvalue weighted by atomic mass is 9.86. The van der Waals surface area contributed by atoms with Gasteiger partial charge in [-0.15, -0.1) is 0 Å². The molecule has 0 spiro atoms. The molecule has 5 heteroatoms. The summed E-state index contributed by atoms with van der Waals surface area (Å²) in [5.74, 6) is 0. The highest BCUT2D eigenvalue weighted by Crippen LogP contribution is 2.23. The normalized spacial score (nSPS) is 20.8. The number of hydrogen-bond donors (Lipinski definition) is 4. The molecule has 0 amide bonds. The molecule has 0 saturated heterocycles. The van der Waals surface area contributed by atoms with E-state index >= 15 is 0 Å². The van der Waals surface area contributed by atoms with Crippen molar-refractivity contribution in [3.63, 3.8) is 0 Å². The SMILES string of the molecule is CC(C)(C)C[C@H](O)[C@@H](O)[C@H](O)[C@H](O)CF. The van der Waals surface area contributed by atoms with Gasteiger partial charge in [-0.25, -0.2) is 4.39 Å². The zero-order chi connectivity index (χ0) is 12.2. The minimum atomic E-state index is -1.66. The molecule has 0 aliphatic heterocycles. The molecule has 0 bridgehead atoms. The molecular formula is C10H21FO4. The van der Waals surface area contributed by atoms with E-state index < -0.39 is 31.1 Å². The first-order chi connectivity index (χ1) is 6.69. The van der Waals surface area contributed by atoms with Crippen LogP contribution in [-0.4, -0.2) is 51.5 Å². The number of alkyl halides is 1. The topological polar surface area (TPSA) is 80.9 Å². The van der Waals surface area contributed by atoms with Crippen LogP contribution in [0.1, 0.15) is 27.2 Å². The van der Waals surface area contributed by atoms with E-state index in [-0.39, 0.29) is 11.8 Å². The van der Waals surface area contributed by atoms with E-state index in [1.54, 1.807) is 0 Å². The maximum absolute atomic E-state index is 12.0. The summed E-state index contributed by atoms with van der Waals surface area (Å²) < 4.78 is 12.0. The number of aliphatic hydroxyl groups excluding tert-OH is 4. The monoisotopic (exact) mass is 224 g/mol. The van der Waals surface area contributed by atoms with Crippen LogP contribution in [-0.2, 0) is 0 Å². The Balaban J connectivity index is 4.25. The third-order valence-corrected chi connectivity index (χ3v) is 2.12. The van der Waals surface area contributed by atoms with Crippen LogP contribution >= 0.6 is 0 Å². The van der Waals surface area contributed by atoms with Crippen LogP contribution in [0.15, 0.2) is 0 Å². The van der Waals surface area contributed by atoms with E-state index in [0.717, 1.165) is 0 Å². The van der Waals surface area contributed by atoms with Gasteiger partial charge in [0.05, 0.1) is 6.10 Å². The molecule has 4 atom stereocenters. The Bertz CT molecular complexity index is 181.